The van der Waals surface area contributed by atoms with E-state index in [4.69, 9.17) is 4.74 Å². The summed E-state index contributed by atoms with van der Waals surface area (Å²) in [6.45, 7) is 0. The summed E-state index contributed by atoms with van der Waals surface area (Å²) in [7, 11) is 1.58. The quantitative estimate of drug-likeness (QED) is 0.633. The van der Waals surface area contributed by atoms with Crippen LogP contribution in [0.2, 0.25) is 0 Å². The highest BCUT2D eigenvalue weighted by atomic mass is 32.1. The van der Waals surface area contributed by atoms with Gasteiger partial charge in [0.1, 0.15) is 5.75 Å². The highest BCUT2D eigenvalue weighted by molar-refractivity contribution is 7.13. The number of nitrogens with zero attached hydrogens (tertiary/aromatic N) is 1. The molecule has 136 valence electrons. The Kier molecular flexibility index (Phi) is 5.96. The highest BCUT2D eigenvalue weighted by Crippen LogP contribution is 2.19. The summed E-state index contributed by atoms with van der Waals surface area (Å²) >= 11 is 1.34. The van der Waals surface area contributed by atoms with E-state index < -0.39 is 0 Å². The SMILES string of the molecule is COc1ccccc1/C=C/C(=O)Nc1cccc(C(=O)Nc2nccs2)c1. The molecule has 2 amide bonds. The lowest BCUT2D eigenvalue weighted by molar-refractivity contribution is -0.111. The fourth-order valence-electron chi connectivity index (χ4n) is 2.35. The second-order valence-electron chi connectivity index (χ2n) is 5.44. The lowest BCUT2D eigenvalue weighted by atomic mass is 10.1. The van der Waals surface area contributed by atoms with Crippen LogP contribution in [0.1, 0.15) is 15.9 Å². The molecule has 0 aliphatic heterocycles. The minimum Gasteiger partial charge on any atom is -0.496 e. The number of benzene rings is 2. The molecule has 2 aromatic carbocycles. The number of hydrogen-bond acceptors (Lipinski definition) is 5. The first-order valence-corrected chi connectivity index (χ1v) is 8.96. The van der Waals surface area contributed by atoms with Crippen LogP contribution in [0.15, 0.2) is 66.2 Å². The number of para-hydroxylation sites is 1. The van der Waals surface area contributed by atoms with E-state index in [-0.39, 0.29) is 11.8 Å². The molecule has 0 unspecified atom stereocenters. The van der Waals surface area contributed by atoms with Gasteiger partial charge in [-0.2, -0.15) is 0 Å². The van der Waals surface area contributed by atoms with Crippen LogP contribution in [-0.4, -0.2) is 23.9 Å². The van der Waals surface area contributed by atoms with Gasteiger partial charge in [0, 0.05) is 34.5 Å². The molecule has 2 N–H and O–H groups in total. The zero-order valence-electron chi connectivity index (χ0n) is 14.5. The van der Waals surface area contributed by atoms with Gasteiger partial charge >= 0.3 is 0 Å². The lowest BCUT2D eigenvalue weighted by Crippen LogP contribution is -2.13. The third-order valence-corrected chi connectivity index (χ3v) is 4.29. The Balaban J connectivity index is 1.66. The van der Waals surface area contributed by atoms with Crippen molar-refractivity contribution in [3.63, 3.8) is 0 Å². The second kappa shape index (κ2) is 8.77. The molecule has 1 aromatic heterocycles. The molecular formula is C20H17N3O3S. The molecule has 0 aliphatic rings. The summed E-state index contributed by atoms with van der Waals surface area (Å²) in [6, 6.07) is 14.1. The molecule has 27 heavy (non-hydrogen) atoms. The number of thiazole rings is 1. The van der Waals surface area contributed by atoms with E-state index in [0.717, 1.165) is 5.56 Å². The number of ether oxygens (including phenoxy) is 1. The molecule has 3 rings (SSSR count). The molecule has 0 bridgehead atoms. The van der Waals surface area contributed by atoms with Gasteiger partial charge in [0.2, 0.25) is 5.91 Å². The van der Waals surface area contributed by atoms with E-state index in [9.17, 15) is 9.59 Å². The zero-order chi connectivity index (χ0) is 19.1. The predicted octanol–water partition coefficient (Wildman–Crippen LogP) is 4.06. The predicted molar refractivity (Wildman–Crippen MR) is 107 cm³/mol. The van der Waals surface area contributed by atoms with Crippen LogP contribution in [0.4, 0.5) is 10.8 Å². The third kappa shape index (κ3) is 5.02. The first kappa shape index (κ1) is 18.3. The molecule has 0 radical (unpaired) electrons. The molecule has 0 atom stereocenters. The molecule has 0 saturated carbocycles. The minimum atomic E-state index is -0.307. The number of nitrogens with one attached hydrogen (secondary N) is 2. The molecule has 3 aromatic rings. The van der Waals surface area contributed by atoms with E-state index in [2.05, 4.69) is 15.6 Å². The average Bonchev–Trinajstić information content (AvgIpc) is 3.20. The van der Waals surface area contributed by atoms with Crippen LogP contribution >= 0.6 is 11.3 Å². The van der Waals surface area contributed by atoms with Crippen molar-refractivity contribution < 1.29 is 14.3 Å². The van der Waals surface area contributed by atoms with Gasteiger partial charge in [-0.1, -0.05) is 24.3 Å². The number of methoxy groups -OCH3 is 1. The van der Waals surface area contributed by atoms with Gasteiger partial charge in [-0.3, -0.25) is 14.9 Å². The van der Waals surface area contributed by atoms with Gasteiger partial charge < -0.3 is 10.1 Å². The number of rotatable bonds is 6. The monoisotopic (exact) mass is 379 g/mol. The first-order chi connectivity index (χ1) is 13.2. The van der Waals surface area contributed by atoms with E-state index in [1.165, 1.54) is 17.4 Å². The molecule has 0 aliphatic carbocycles. The topological polar surface area (TPSA) is 80.3 Å². The van der Waals surface area contributed by atoms with E-state index in [1.807, 2.05) is 24.3 Å². The zero-order valence-corrected chi connectivity index (χ0v) is 15.3. The summed E-state index contributed by atoms with van der Waals surface area (Å²) in [5.74, 6) is 0.0893. The summed E-state index contributed by atoms with van der Waals surface area (Å²) in [5.41, 5.74) is 1.75. The van der Waals surface area contributed by atoms with Crippen molar-refractivity contribution in [1.82, 2.24) is 4.98 Å². The summed E-state index contributed by atoms with van der Waals surface area (Å²) in [5, 5.41) is 7.75. The van der Waals surface area contributed by atoms with Crippen LogP contribution < -0.4 is 15.4 Å². The Hall–Kier alpha value is -3.45. The number of aromatic nitrogens is 1. The van der Waals surface area contributed by atoms with Crippen LogP contribution in [-0.2, 0) is 4.79 Å². The van der Waals surface area contributed by atoms with E-state index >= 15 is 0 Å². The van der Waals surface area contributed by atoms with Crippen molar-refractivity contribution in [1.29, 1.82) is 0 Å². The van der Waals surface area contributed by atoms with Gasteiger partial charge in [-0.05, 0) is 30.3 Å². The molecule has 0 saturated heterocycles. The van der Waals surface area contributed by atoms with Crippen molar-refractivity contribution in [3.05, 3.63) is 77.3 Å². The highest BCUT2D eigenvalue weighted by Gasteiger charge is 2.09. The van der Waals surface area contributed by atoms with Crippen LogP contribution in [0.5, 0.6) is 5.75 Å². The number of anilines is 2. The number of carbonyl (C=O) groups excluding carboxylic acids is 2. The van der Waals surface area contributed by atoms with Crippen LogP contribution in [0, 0.1) is 0 Å². The van der Waals surface area contributed by atoms with Gasteiger partial charge in [-0.15, -0.1) is 11.3 Å². The minimum absolute atomic E-state index is 0.286. The molecular weight excluding hydrogens is 362 g/mol. The Morgan fingerprint density at radius 1 is 1.11 bits per heavy atom. The molecule has 0 spiro atoms. The Labute approximate surface area is 160 Å². The maximum atomic E-state index is 12.2. The summed E-state index contributed by atoms with van der Waals surface area (Å²) in [4.78, 5) is 28.4. The Morgan fingerprint density at radius 3 is 2.74 bits per heavy atom. The summed E-state index contributed by atoms with van der Waals surface area (Å²) < 4.78 is 5.25. The molecule has 0 fully saturated rings. The number of carbonyl (C=O) groups is 2. The molecule has 7 heteroatoms. The van der Waals surface area contributed by atoms with E-state index in [1.54, 1.807) is 49.0 Å². The molecule has 6 nitrogen and oxygen atoms in total. The van der Waals surface area contributed by atoms with Crippen molar-refractivity contribution in [2.24, 2.45) is 0 Å². The second-order valence-corrected chi connectivity index (χ2v) is 6.33. The van der Waals surface area contributed by atoms with Crippen molar-refractivity contribution in [2.75, 3.05) is 17.7 Å². The molecule has 1 heterocycles. The first-order valence-electron chi connectivity index (χ1n) is 8.08. The third-order valence-electron chi connectivity index (χ3n) is 3.60. The maximum Gasteiger partial charge on any atom is 0.257 e. The van der Waals surface area contributed by atoms with Crippen molar-refractivity contribution in [3.8, 4) is 5.75 Å². The lowest BCUT2D eigenvalue weighted by Gasteiger charge is -2.06. The van der Waals surface area contributed by atoms with Crippen molar-refractivity contribution >= 4 is 40.0 Å². The normalized spacial score (nSPS) is 10.6. The average molecular weight is 379 g/mol. The maximum absolute atomic E-state index is 12.2. The van der Waals surface area contributed by atoms with Gasteiger partial charge in [-0.25, -0.2) is 4.98 Å². The van der Waals surface area contributed by atoms with Crippen LogP contribution in [0.25, 0.3) is 6.08 Å². The van der Waals surface area contributed by atoms with Gasteiger partial charge in [0.25, 0.3) is 5.91 Å². The smallest absolute Gasteiger partial charge is 0.257 e. The van der Waals surface area contributed by atoms with E-state index in [0.29, 0.717) is 22.1 Å². The summed E-state index contributed by atoms with van der Waals surface area (Å²) in [6.07, 6.45) is 4.71. The Morgan fingerprint density at radius 2 is 1.96 bits per heavy atom. The number of hydrogen-bond donors (Lipinski definition) is 2. The van der Waals surface area contributed by atoms with Gasteiger partial charge in [0.15, 0.2) is 5.13 Å². The van der Waals surface area contributed by atoms with Crippen LogP contribution in [0.3, 0.4) is 0 Å². The fourth-order valence-corrected chi connectivity index (χ4v) is 2.87. The van der Waals surface area contributed by atoms with Gasteiger partial charge in [0.05, 0.1) is 7.11 Å². The Bertz CT molecular complexity index is 968. The fraction of sp³-hybridized carbons (Fsp3) is 0.0500. The largest absolute Gasteiger partial charge is 0.496 e. The van der Waals surface area contributed by atoms with Crippen molar-refractivity contribution in [2.45, 2.75) is 0 Å². The number of amides is 2. The standard InChI is InChI=1S/C20H17N3O3S/c1-26-17-8-3-2-5-14(17)9-10-18(24)22-16-7-4-6-15(13-16)19(25)23-20-21-11-12-27-20/h2-13H,1H3,(H,22,24)(H,21,23,25)/b10-9+.